The highest BCUT2D eigenvalue weighted by Crippen LogP contribution is 2.32. The minimum atomic E-state index is -1.43. The van der Waals surface area contributed by atoms with E-state index in [1.54, 1.807) is 35.7 Å². The fraction of sp³-hybridized carbons (Fsp3) is 0.278. The first-order valence-electron chi connectivity index (χ1n) is 7.05. The van der Waals surface area contributed by atoms with Gasteiger partial charge >= 0.3 is 0 Å². The lowest BCUT2D eigenvalue weighted by Gasteiger charge is -2.30. The topological polar surface area (TPSA) is 35.5 Å². The van der Waals surface area contributed by atoms with Crippen LogP contribution in [0.15, 0.2) is 58.3 Å². The molecular weight excluding hydrogens is 328 g/mol. The van der Waals surface area contributed by atoms with E-state index in [0.29, 0.717) is 11.1 Å². The molecule has 2 aromatic carbocycles. The van der Waals surface area contributed by atoms with E-state index in [9.17, 15) is 4.79 Å². The number of Topliss-reactive ketones (excluding diaryl/α,β-unsaturated/α-hetero) is 1. The number of rotatable bonds is 7. The van der Waals surface area contributed by atoms with Crippen LogP contribution in [0.1, 0.15) is 15.9 Å². The summed E-state index contributed by atoms with van der Waals surface area (Å²) in [6.45, 7) is 0. The maximum atomic E-state index is 13.0. The second-order valence-corrected chi connectivity index (χ2v) is 6.57. The van der Waals surface area contributed by atoms with Crippen LogP contribution in [-0.4, -0.2) is 32.5 Å². The van der Waals surface area contributed by atoms with Gasteiger partial charge in [0.1, 0.15) is 0 Å². The molecule has 122 valence electrons. The third-order valence-corrected chi connectivity index (χ3v) is 5.18. The molecule has 0 atom stereocenters. The molecule has 0 unspecified atom stereocenters. The van der Waals surface area contributed by atoms with Crippen LogP contribution in [0.2, 0.25) is 0 Å². The average molecular weight is 348 g/mol. The lowest BCUT2D eigenvalue weighted by atomic mass is 9.96. The van der Waals surface area contributed by atoms with E-state index >= 15 is 0 Å². The van der Waals surface area contributed by atoms with Gasteiger partial charge in [0, 0.05) is 35.1 Å². The molecule has 5 heteroatoms. The molecular formula is C18H20O3S2. The van der Waals surface area contributed by atoms with E-state index in [1.807, 2.05) is 48.9 Å². The van der Waals surface area contributed by atoms with Crippen molar-refractivity contribution in [3.05, 3.63) is 59.7 Å². The number of ketones is 1. The van der Waals surface area contributed by atoms with Crippen LogP contribution >= 0.6 is 23.5 Å². The molecule has 2 aromatic rings. The van der Waals surface area contributed by atoms with Crippen molar-refractivity contribution < 1.29 is 14.3 Å². The lowest BCUT2D eigenvalue weighted by molar-refractivity contribution is -0.176. The zero-order valence-electron chi connectivity index (χ0n) is 13.7. The van der Waals surface area contributed by atoms with E-state index in [4.69, 9.17) is 9.47 Å². The van der Waals surface area contributed by atoms with Crippen molar-refractivity contribution in [3.63, 3.8) is 0 Å². The number of methoxy groups -OCH3 is 2. The van der Waals surface area contributed by atoms with E-state index in [2.05, 4.69) is 0 Å². The highest BCUT2D eigenvalue weighted by molar-refractivity contribution is 7.98. The summed E-state index contributed by atoms with van der Waals surface area (Å²) in [4.78, 5) is 15.2. The summed E-state index contributed by atoms with van der Waals surface area (Å²) in [7, 11) is 2.97. The fourth-order valence-corrected chi connectivity index (χ4v) is 3.19. The largest absolute Gasteiger partial charge is 0.343 e. The van der Waals surface area contributed by atoms with Gasteiger partial charge in [0.25, 0.3) is 5.79 Å². The zero-order valence-corrected chi connectivity index (χ0v) is 15.3. The quantitative estimate of drug-likeness (QED) is 0.419. The minimum absolute atomic E-state index is 0.216. The molecule has 0 spiro atoms. The lowest BCUT2D eigenvalue weighted by Crippen LogP contribution is -2.40. The smallest absolute Gasteiger partial charge is 0.260 e. The Kier molecular flexibility index (Phi) is 6.30. The molecule has 0 amide bonds. The molecule has 0 aliphatic rings. The van der Waals surface area contributed by atoms with Crippen LogP contribution in [0.5, 0.6) is 0 Å². The molecule has 0 N–H and O–H groups in total. The third kappa shape index (κ3) is 3.63. The molecule has 3 nitrogen and oxygen atoms in total. The maximum absolute atomic E-state index is 13.0. The van der Waals surface area contributed by atoms with E-state index in [0.717, 1.165) is 9.79 Å². The van der Waals surface area contributed by atoms with E-state index < -0.39 is 5.79 Å². The predicted octanol–water partition coefficient (Wildman–Crippen LogP) is 4.46. The summed E-state index contributed by atoms with van der Waals surface area (Å²) in [6, 6.07) is 15.1. The van der Waals surface area contributed by atoms with Crippen LogP contribution in [0.25, 0.3) is 0 Å². The molecule has 0 saturated heterocycles. The fourth-order valence-electron chi connectivity index (χ4n) is 2.38. The first-order chi connectivity index (χ1) is 11.1. The number of ether oxygens (including phenoxy) is 2. The van der Waals surface area contributed by atoms with Crippen LogP contribution in [0, 0.1) is 0 Å². The first-order valence-corrected chi connectivity index (χ1v) is 9.50. The van der Waals surface area contributed by atoms with Gasteiger partial charge in [0.2, 0.25) is 5.78 Å². The Morgan fingerprint density at radius 1 is 0.826 bits per heavy atom. The highest BCUT2D eigenvalue weighted by atomic mass is 32.2. The van der Waals surface area contributed by atoms with Crippen LogP contribution in [-0.2, 0) is 15.3 Å². The van der Waals surface area contributed by atoms with Crippen molar-refractivity contribution in [2.75, 3.05) is 26.7 Å². The summed E-state index contributed by atoms with van der Waals surface area (Å²) >= 11 is 3.28. The summed E-state index contributed by atoms with van der Waals surface area (Å²) in [5, 5.41) is 0. The molecule has 0 aliphatic heterocycles. The number of thioether (sulfide) groups is 2. The van der Waals surface area contributed by atoms with Gasteiger partial charge in [0.15, 0.2) is 0 Å². The SMILES string of the molecule is COC(OC)(C(=O)c1ccc(SC)cc1)c1ccc(SC)cc1. The van der Waals surface area contributed by atoms with Gasteiger partial charge in [-0.3, -0.25) is 4.79 Å². The molecule has 0 saturated carbocycles. The Morgan fingerprint density at radius 2 is 1.26 bits per heavy atom. The van der Waals surface area contributed by atoms with Crippen molar-refractivity contribution in [1.29, 1.82) is 0 Å². The molecule has 0 aliphatic carbocycles. The summed E-state index contributed by atoms with van der Waals surface area (Å²) in [5.74, 6) is -1.65. The minimum Gasteiger partial charge on any atom is -0.343 e. The number of hydrogen-bond acceptors (Lipinski definition) is 5. The Balaban J connectivity index is 2.43. The molecule has 0 aromatic heterocycles. The van der Waals surface area contributed by atoms with Gasteiger partial charge < -0.3 is 9.47 Å². The van der Waals surface area contributed by atoms with Crippen LogP contribution in [0.4, 0.5) is 0 Å². The van der Waals surface area contributed by atoms with Gasteiger partial charge in [-0.1, -0.05) is 24.3 Å². The van der Waals surface area contributed by atoms with Crippen LogP contribution in [0.3, 0.4) is 0 Å². The Morgan fingerprint density at radius 3 is 1.65 bits per heavy atom. The molecule has 0 radical (unpaired) electrons. The molecule has 2 rings (SSSR count). The van der Waals surface area contributed by atoms with Crippen molar-refractivity contribution in [2.45, 2.75) is 15.6 Å². The average Bonchev–Trinajstić information content (AvgIpc) is 2.63. The molecule has 0 heterocycles. The third-order valence-electron chi connectivity index (χ3n) is 3.70. The van der Waals surface area contributed by atoms with Gasteiger partial charge in [-0.05, 0) is 36.8 Å². The Bertz CT molecular complexity index is 647. The molecule has 0 fully saturated rings. The second-order valence-electron chi connectivity index (χ2n) is 4.81. The number of carbonyl (C=O) groups is 1. The van der Waals surface area contributed by atoms with Crippen molar-refractivity contribution in [3.8, 4) is 0 Å². The van der Waals surface area contributed by atoms with Gasteiger partial charge in [0.05, 0.1) is 0 Å². The number of hydrogen-bond donors (Lipinski definition) is 0. The number of benzene rings is 2. The summed E-state index contributed by atoms with van der Waals surface area (Å²) in [6.07, 6.45) is 4.01. The molecule has 23 heavy (non-hydrogen) atoms. The molecule has 0 bridgehead atoms. The van der Waals surface area contributed by atoms with Crippen molar-refractivity contribution in [1.82, 2.24) is 0 Å². The van der Waals surface area contributed by atoms with Gasteiger partial charge in [-0.15, -0.1) is 23.5 Å². The van der Waals surface area contributed by atoms with Crippen LogP contribution < -0.4 is 0 Å². The van der Waals surface area contributed by atoms with Gasteiger partial charge in [-0.25, -0.2) is 0 Å². The first kappa shape index (κ1) is 18.1. The second kappa shape index (κ2) is 8.02. The zero-order chi connectivity index (χ0) is 16.9. The highest BCUT2D eigenvalue weighted by Gasteiger charge is 2.41. The Hall–Kier alpha value is -1.27. The summed E-state index contributed by atoms with van der Waals surface area (Å²) in [5.41, 5.74) is 1.24. The van der Waals surface area contributed by atoms with E-state index in [-0.39, 0.29) is 5.78 Å². The van der Waals surface area contributed by atoms with E-state index in [1.165, 1.54) is 14.2 Å². The predicted molar refractivity (Wildman–Crippen MR) is 96.5 cm³/mol. The Labute approximate surface area is 145 Å². The summed E-state index contributed by atoms with van der Waals surface area (Å²) < 4.78 is 11.1. The normalized spacial score (nSPS) is 11.5. The van der Waals surface area contributed by atoms with Gasteiger partial charge in [-0.2, -0.15) is 0 Å². The maximum Gasteiger partial charge on any atom is 0.260 e. The van der Waals surface area contributed by atoms with Crippen molar-refractivity contribution in [2.24, 2.45) is 0 Å². The van der Waals surface area contributed by atoms with Crippen molar-refractivity contribution >= 4 is 29.3 Å². The standard InChI is InChI=1S/C18H20O3S2/c1-20-18(21-2,14-7-11-16(23-4)12-8-14)17(19)13-5-9-15(22-3)10-6-13/h5-12H,1-4H3. The number of carbonyl (C=O) groups excluding carboxylic acids is 1. The monoisotopic (exact) mass is 348 g/mol.